The summed E-state index contributed by atoms with van der Waals surface area (Å²) in [4.78, 5) is 2.62. The molecular formula is C15H24N2. The first-order chi connectivity index (χ1) is 8.31. The summed E-state index contributed by atoms with van der Waals surface area (Å²) in [6.45, 7) is 5.39. The van der Waals surface area contributed by atoms with E-state index in [0.717, 1.165) is 13.1 Å². The van der Waals surface area contributed by atoms with Gasteiger partial charge in [-0.2, -0.15) is 0 Å². The van der Waals surface area contributed by atoms with Gasteiger partial charge >= 0.3 is 0 Å². The number of nitrogens with two attached hydrogens (primary N) is 1. The van der Waals surface area contributed by atoms with Gasteiger partial charge in [0.2, 0.25) is 0 Å². The van der Waals surface area contributed by atoms with Gasteiger partial charge in [0.1, 0.15) is 0 Å². The van der Waals surface area contributed by atoms with Crippen LogP contribution in [0, 0.1) is 5.92 Å². The Morgan fingerprint density at radius 2 is 2.06 bits per heavy atom. The van der Waals surface area contributed by atoms with E-state index in [1.165, 1.54) is 31.4 Å². The van der Waals surface area contributed by atoms with Crippen molar-refractivity contribution in [1.82, 2.24) is 4.90 Å². The van der Waals surface area contributed by atoms with Gasteiger partial charge in [-0.05, 0) is 37.4 Å². The van der Waals surface area contributed by atoms with Crippen molar-refractivity contribution < 1.29 is 0 Å². The number of hydrogen-bond acceptors (Lipinski definition) is 2. The molecule has 1 aromatic rings. The third-order valence-corrected chi connectivity index (χ3v) is 3.92. The second-order valence-electron chi connectivity index (χ2n) is 5.23. The van der Waals surface area contributed by atoms with Crippen molar-refractivity contribution in [3.63, 3.8) is 0 Å². The van der Waals surface area contributed by atoms with Gasteiger partial charge in [-0.3, -0.25) is 4.90 Å². The summed E-state index contributed by atoms with van der Waals surface area (Å²) in [5, 5.41) is 0. The van der Waals surface area contributed by atoms with Gasteiger partial charge < -0.3 is 5.73 Å². The fourth-order valence-electron chi connectivity index (χ4n) is 2.83. The maximum atomic E-state index is 5.83. The van der Waals surface area contributed by atoms with Crippen LogP contribution < -0.4 is 5.73 Å². The van der Waals surface area contributed by atoms with Gasteiger partial charge in [-0.15, -0.1) is 0 Å². The monoisotopic (exact) mass is 232 g/mol. The minimum absolute atomic E-state index is 0.610. The minimum Gasteiger partial charge on any atom is -0.330 e. The zero-order chi connectivity index (χ0) is 12.1. The van der Waals surface area contributed by atoms with Crippen molar-refractivity contribution in [1.29, 1.82) is 0 Å². The van der Waals surface area contributed by atoms with E-state index in [-0.39, 0.29) is 0 Å². The number of rotatable bonds is 4. The molecule has 0 radical (unpaired) electrons. The molecule has 2 nitrogen and oxygen atoms in total. The Morgan fingerprint density at radius 3 is 2.76 bits per heavy atom. The lowest BCUT2D eigenvalue weighted by atomic mass is 9.91. The third kappa shape index (κ3) is 3.30. The molecule has 0 bridgehead atoms. The molecule has 2 unspecified atom stereocenters. The number of benzene rings is 1. The quantitative estimate of drug-likeness (QED) is 0.864. The molecule has 1 aromatic carbocycles. The lowest BCUT2D eigenvalue weighted by Gasteiger charge is -2.39. The predicted octanol–water partition coefficient (Wildman–Crippen LogP) is 2.64. The molecule has 0 aromatic heterocycles. The summed E-state index contributed by atoms with van der Waals surface area (Å²) in [7, 11) is 0. The molecule has 2 atom stereocenters. The Bertz CT molecular complexity index is 323. The standard InChI is InChI=1S/C15H24N2/c1-13(11-16)15-9-5-6-10-17(15)12-14-7-3-2-4-8-14/h2-4,7-8,13,15H,5-6,9-12,16H2,1H3. The first kappa shape index (κ1) is 12.6. The van der Waals surface area contributed by atoms with E-state index >= 15 is 0 Å². The van der Waals surface area contributed by atoms with Crippen LogP contribution in [0.15, 0.2) is 30.3 Å². The summed E-state index contributed by atoms with van der Waals surface area (Å²) < 4.78 is 0. The van der Waals surface area contributed by atoms with Crippen LogP contribution in [0.25, 0.3) is 0 Å². The second kappa shape index (κ2) is 6.18. The molecule has 2 heteroatoms. The zero-order valence-electron chi connectivity index (χ0n) is 10.8. The molecule has 1 saturated heterocycles. The number of likely N-dealkylation sites (tertiary alicyclic amines) is 1. The molecule has 17 heavy (non-hydrogen) atoms. The third-order valence-electron chi connectivity index (χ3n) is 3.92. The predicted molar refractivity (Wildman–Crippen MR) is 72.7 cm³/mol. The maximum absolute atomic E-state index is 5.83. The highest BCUT2D eigenvalue weighted by molar-refractivity contribution is 5.14. The minimum atomic E-state index is 0.610. The molecule has 0 aliphatic carbocycles. The lowest BCUT2D eigenvalue weighted by Crippen LogP contribution is -2.44. The van der Waals surface area contributed by atoms with Gasteiger partial charge in [-0.1, -0.05) is 43.7 Å². The molecular weight excluding hydrogens is 208 g/mol. The maximum Gasteiger partial charge on any atom is 0.0236 e. The highest BCUT2D eigenvalue weighted by Gasteiger charge is 2.26. The summed E-state index contributed by atoms with van der Waals surface area (Å²) in [6.07, 6.45) is 4.01. The van der Waals surface area contributed by atoms with Crippen LogP contribution >= 0.6 is 0 Å². The van der Waals surface area contributed by atoms with Crippen molar-refractivity contribution in [2.24, 2.45) is 11.7 Å². The van der Waals surface area contributed by atoms with Gasteiger partial charge in [0.25, 0.3) is 0 Å². The van der Waals surface area contributed by atoms with Crippen molar-refractivity contribution >= 4 is 0 Å². The molecule has 1 heterocycles. The van der Waals surface area contributed by atoms with Crippen LogP contribution in [0.1, 0.15) is 31.7 Å². The Hall–Kier alpha value is -0.860. The Labute approximate surface area is 105 Å². The highest BCUT2D eigenvalue weighted by Crippen LogP contribution is 2.24. The van der Waals surface area contributed by atoms with E-state index in [1.807, 2.05) is 0 Å². The van der Waals surface area contributed by atoms with Crippen LogP contribution in [0.2, 0.25) is 0 Å². The Morgan fingerprint density at radius 1 is 1.29 bits per heavy atom. The van der Waals surface area contributed by atoms with E-state index in [0.29, 0.717) is 12.0 Å². The van der Waals surface area contributed by atoms with Crippen LogP contribution in [0.3, 0.4) is 0 Å². The van der Waals surface area contributed by atoms with Crippen LogP contribution in [-0.4, -0.2) is 24.0 Å². The van der Waals surface area contributed by atoms with E-state index in [4.69, 9.17) is 5.73 Å². The van der Waals surface area contributed by atoms with Gasteiger partial charge in [0, 0.05) is 12.6 Å². The molecule has 2 rings (SSSR count). The Balaban J connectivity index is 2.01. The largest absolute Gasteiger partial charge is 0.330 e. The number of nitrogens with zero attached hydrogens (tertiary/aromatic N) is 1. The molecule has 2 N–H and O–H groups in total. The van der Waals surface area contributed by atoms with Crippen molar-refractivity contribution in [3.05, 3.63) is 35.9 Å². The second-order valence-corrected chi connectivity index (χ2v) is 5.23. The molecule has 1 fully saturated rings. The molecule has 1 aliphatic rings. The highest BCUT2D eigenvalue weighted by atomic mass is 15.2. The van der Waals surface area contributed by atoms with E-state index < -0.39 is 0 Å². The van der Waals surface area contributed by atoms with Crippen LogP contribution in [0.5, 0.6) is 0 Å². The van der Waals surface area contributed by atoms with Gasteiger partial charge in [-0.25, -0.2) is 0 Å². The van der Waals surface area contributed by atoms with Crippen LogP contribution in [0.4, 0.5) is 0 Å². The summed E-state index contributed by atoms with van der Waals surface area (Å²) in [5.41, 5.74) is 7.25. The molecule has 1 aliphatic heterocycles. The normalized spacial score (nSPS) is 23.5. The molecule has 94 valence electrons. The fraction of sp³-hybridized carbons (Fsp3) is 0.600. The van der Waals surface area contributed by atoms with Crippen molar-refractivity contribution in [2.75, 3.05) is 13.1 Å². The van der Waals surface area contributed by atoms with E-state index in [1.54, 1.807) is 0 Å². The topological polar surface area (TPSA) is 29.3 Å². The average molecular weight is 232 g/mol. The SMILES string of the molecule is CC(CN)C1CCCCN1Cc1ccccc1. The smallest absolute Gasteiger partial charge is 0.0236 e. The first-order valence-corrected chi connectivity index (χ1v) is 6.79. The van der Waals surface area contributed by atoms with Crippen molar-refractivity contribution in [2.45, 2.75) is 38.8 Å². The van der Waals surface area contributed by atoms with E-state index in [9.17, 15) is 0 Å². The fourth-order valence-corrected chi connectivity index (χ4v) is 2.83. The van der Waals surface area contributed by atoms with E-state index in [2.05, 4.69) is 42.2 Å². The van der Waals surface area contributed by atoms with Gasteiger partial charge in [0.15, 0.2) is 0 Å². The zero-order valence-corrected chi connectivity index (χ0v) is 10.8. The summed E-state index contributed by atoms with van der Waals surface area (Å²) in [5.74, 6) is 0.610. The Kier molecular flexibility index (Phi) is 4.57. The van der Waals surface area contributed by atoms with Crippen molar-refractivity contribution in [3.8, 4) is 0 Å². The molecule has 0 amide bonds. The number of hydrogen-bond donors (Lipinski definition) is 1. The van der Waals surface area contributed by atoms with Crippen LogP contribution in [-0.2, 0) is 6.54 Å². The molecule has 0 saturated carbocycles. The van der Waals surface area contributed by atoms with Gasteiger partial charge in [0.05, 0.1) is 0 Å². The number of piperidine rings is 1. The average Bonchev–Trinajstić information content (AvgIpc) is 2.40. The summed E-state index contributed by atoms with van der Waals surface area (Å²) >= 11 is 0. The first-order valence-electron chi connectivity index (χ1n) is 6.79. The lowest BCUT2D eigenvalue weighted by molar-refractivity contribution is 0.101. The summed E-state index contributed by atoms with van der Waals surface area (Å²) in [6, 6.07) is 11.5. The molecule has 0 spiro atoms.